The Morgan fingerprint density at radius 2 is 1.96 bits per heavy atom. The molecule has 2 fully saturated rings. The van der Waals surface area contributed by atoms with Gasteiger partial charge in [-0.25, -0.2) is 0 Å². The zero-order chi connectivity index (χ0) is 15.8. The summed E-state index contributed by atoms with van der Waals surface area (Å²) in [5, 5.41) is 13.6. The van der Waals surface area contributed by atoms with Crippen LogP contribution in [0.4, 0.5) is 5.00 Å². The largest absolute Gasteiger partial charge is 0.316 e. The van der Waals surface area contributed by atoms with E-state index in [9.17, 15) is 10.1 Å². The fraction of sp³-hybridized carbons (Fsp3) is 0.684. The highest BCUT2D eigenvalue weighted by atomic mass is 32.1. The van der Waals surface area contributed by atoms with E-state index < -0.39 is 0 Å². The van der Waals surface area contributed by atoms with E-state index in [1.165, 1.54) is 49.0 Å². The van der Waals surface area contributed by atoms with E-state index in [1.54, 1.807) is 11.3 Å². The Morgan fingerprint density at radius 3 is 2.65 bits per heavy atom. The number of amides is 1. The molecule has 0 aliphatic heterocycles. The van der Waals surface area contributed by atoms with Crippen LogP contribution in [0.1, 0.15) is 67.4 Å². The first-order chi connectivity index (χ1) is 11.3. The zero-order valence-corrected chi connectivity index (χ0v) is 14.4. The van der Waals surface area contributed by atoms with Crippen molar-refractivity contribution in [3.8, 4) is 6.07 Å². The Hall–Kier alpha value is -1.34. The van der Waals surface area contributed by atoms with Gasteiger partial charge in [-0.15, -0.1) is 11.3 Å². The molecule has 0 aromatic carbocycles. The minimum Gasteiger partial charge on any atom is -0.316 e. The van der Waals surface area contributed by atoms with E-state index in [0.29, 0.717) is 5.92 Å². The molecule has 23 heavy (non-hydrogen) atoms. The van der Waals surface area contributed by atoms with E-state index in [0.717, 1.165) is 42.2 Å². The number of nitriles is 1. The van der Waals surface area contributed by atoms with Crippen LogP contribution in [0.25, 0.3) is 0 Å². The molecule has 1 N–H and O–H groups in total. The fourth-order valence-electron chi connectivity index (χ4n) is 4.90. The molecule has 3 aliphatic carbocycles. The summed E-state index contributed by atoms with van der Waals surface area (Å²) < 4.78 is 0. The van der Waals surface area contributed by atoms with E-state index in [2.05, 4.69) is 11.4 Å². The number of nitrogens with one attached hydrogen (secondary N) is 1. The van der Waals surface area contributed by atoms with E-state index in [4.69, 9.17) is 0 Å². The van der Waals surface area contributed by atoms with Crippen molar-refractivity contribution in [3.05, 3.63) is 16.0 Å². The van der Waals surface area contributed by atoms with Crippen LogP contribution in [0.3, 0.4) is 0 Å². The predicted molar refractivity (Wildman–Crippen MR) is 92.5 cm³/mol. The second-order valence-electron chi connectivity index (χ2n) is 7.50. The summed E-state index contributed by atoms with van der Waals surface area (Å²) in [6.45, 7) is 0. The number of carbonyl (C=O) groups is 1. The van der Waals surface area contributed by atoms with Crippen molar-refractivity contribution in [1.82, 2.24) is 0 Å². The van der Waals surface area contributed by atoms with E-state index in [-0.39, 0.29) is 11.8 Å². The van der Waals surface area contributed by atoms with E-state index in [1.807, 2.05) is 0 Å². The first-order valence-electron chi connectivity index (χ1n) is 9.11. The molecule has 0 unspecified atom stereocenters. The van der Waals surface area contributed by atoms with Gasteiger partial charge in [0.25, 0.3) is 0 Å². The molecule has 1 aromatic rings. The summed E-state index contributed by atoms with van der Waals surface area (Å²) >= 11 is 1.66. The topological polar surface area (TPSA) is 52.9 Å². The van der Waals surface area contributed by atoms with Crippen molar-refractivity contribution in [1.29, 1.82) is 5.26 Å². The monoisotopic (exact) mass is 328 g/mol. The van der Waals surface area contributed by atoms with Crippen molar-refractivity contribution in [2.45, 2.75) is 64.2 Å². The molecule has 1 aromatic heterocycles. The van der Waals surface area contributed by atoms with Crippen molar-refractivity contribution >= 4 is 22.2 Å². The standard InChI is InChI=1S/C19H24N2OS/c20-11-16-14-5-3-1-2-4-6-17(14)23-19(16)21-18(22)15-10-12-7-8-13(15)9-12/h12-13,15H,1-10H2,(H,21,22)/t12-,13+,15-/m1/s1. The van der Waals surface area contributed by atoms with Crippen LogP contribution in [0.15, 0.2) is 0 Å². The molecule has 0 saturated heterocycles. The van der Waals surface area contributed by atoms with Crippen LogP contribution in [-0.4, -0.2) is 5.91 Å². The Bertz CT molecular complexity index is 657. The lowest BCUT2D eigenvalue weighted by atomic mass is 9.88. The number of hydrogen-bond acceptors (Lipinski definition) is 3. The van der Waals surface area contributed by atoms with Crippen LogP contribution in [0.5, 0.6) is 0 Å². The third-order valence-corrected chi connectivity index (χ3v) is 7.30. The Balaban J connectivity index is 1.55. The highest BCUT2D eigenvalue weighted by Crippen LogP contribution is 2.49. The van der Waals surface area contributed by atoms with Gasteiger partial charge in [0.15, 0.2) is 0 Å². The normalized spacial score (nSPS) is 29.4. The lowest BCUT2D eigenvalue weighted by molar-refractivity contribution is -0.121. The van der Waals surface area contributed by atoms with Gasteiger partial charge in [-0.3, -0.25) is 4.79 Å². The van der Waals surface area contributed by atoms with Crippen molar-refractivity contribution in [3.63, 3.8) is 0 Å². The predicted octanol–water partition coefficient (Wildman–Crippen LogP) is 4.65. The number of thiophene rings is 1. The molecule has 4 rings (SSSR count). The van der Waals surface area contributed by atoms with Crippen LogP contribution >= 0.6 is 11.3 Å². The Labute approximate surface area is 142 Å². The number of carbonyl (C=O) groups excluding carboxylic acids is 1. The molecule has 2 bridgehead atoms. The Morgan fingerprint density at radius 1 is 1.13 bits per heavy atom. The smallest absolute Gasteiger partial charge is 0.228 e. The number of aryl methyl sites for hydroxylation is 1. The van der Waals surface area contributed by atoms with Gasteiger partial charge in [0, 0.05) is 10.8 Å². The third-order valence-electron chi connectivity index (χ3n) is 6.09. The average molecular weight is 328 g/mol. The maximum atomic E-state index is 12.7. The highest BCUT2D eigenvalue weighted by molar-refractivity contribution is 7.16. The number of hydrogen-bond donors (Lipinski definition) is 1. The fourth-order valence-corrected chi connectivity index (χ4v) is 6.14. The molecule has 1 heterocycles. The average Bonchev–Trinajstić information content (AvgIpc) is 3.22. The summed E-state index contributed by atoms with van der Waals surface area (Å²) in [7, 11) is 0. The molecule has 0 spiro atoms. The maximum absolute atomic E-state index is 12.7. The molecule has 0 radical (unpaired) electrons. The quantitative estimate of drug-likeness (QED) is 0.859. The van der Waals surface area contributed by atoms with Crippen LogP contribution < -0.4 is 5.32 Å². The number of nitrogens with zero attached hydrogens (tertiary/aromatic N) is 1. The minimum atomic E-state index is 0.169. The van der Waals surface area contributed by atoms with Crippen molar-refractivity contribution in [2.24, 2.45) is 17.8 Å². The molecule has 4 heteroatoms. The second-order valence-corrected chi connectivity index (χ2v) is 8.61. The highest BCUT2D eigenvalue weighted by Gasteiger charge is 2.43. The first kappa shape index (κ1) is 15.2. The number of fused-ring (bicyclic) bond motifs is 3. The molecular weight excluding hydrogens is 304 g/mol. The van der Waals surface area contributed by atoms with Crippen LogP contribution in [0, 0.1) is 29.1 Å². The van der Waals surface area contributed by atoms with Gasteiger partial charge in [0.1, 0.15) is 11.1 Å². The third kappa shape index (κ3) is 2.80. The van der Waals surface area contributed by atoms with Gasteiger partial charge >= 0.3 is 0 Å². The van der Waals surface area contributed by atoms with Gasteiger partial charge < -0.3 is 5.32 Å². The molecule has 3 atom stereocenters. The number of rotatable bonds is 2. The van der Waals surface area contributed by atoms with Crippen LogP contribution in [0.2, 0.25) is 0 Å². The van der Waals surface area contributed by atoms with Gasteiger partial charge in [0.2, 0.25) is 5.91 Å². The zero-order valence-electron chi connectivity index (χ0n) is 13.6. The summed E-state index contributed by atoms with van der Waals surface area (Å²) in [6, 6.07) is 2.38. The van der Waals surface area contributed by atoms with Crippen LogP contribution in [-0.2, 0) is 17.6 Å². The lowest BCUT2D eigenvalue weighted by Gasteiger charge is -2.20. The summed E-state index contributed by atoms with van der Waals surface area (Å²) in [6.07, 6.45) is 11.8. The maximum Gasteiger partial charge on any atom is 0.228 e. The lowest BCUT2D eigenvalue weighted by Crippen LogP contribution is -2.27. The molecular formula is C19H24N2OS. The summed E-state index contributed by atoms with van der Waals surface area (Å²) in [5.74, 6) is 1.72. The van der Waals surface area contributed by atoms with Gasteiger partial charge in [-0.05, 0) is 62.3 Å². The summed E-state index contributed by atoms with van der Waals surface area (Å²) in [4.78, 5) is 14.0. The Kier molecular flexibility index (Phi) is 4.15. The molecule has 122 valence electrons. The molecule has 3 nitrogen and oxygen atoms in total. The van der Waals surface area contributed by atoms with Gasteiger partial charge in [0.05, 0.1) is 5.56 Å². The van der Waals surface area contributed by atoms with E-state index >= 15 is 0 Å². The molecule has 3 aliphatic rings. The SMILES string of the molecule is N#Cc1c(NC(=O)[C@@H]2C[C@@H]3CC[C@H]2C3)sc2c1CCCCCC2. The number of anilines is 1. The minimum absolute atomic E-state index is 0.169. The van der Waals surface area contributed by atoms with Crippen molar-refractivity contribution < 1.29 is 4.79 Å². The second kappa shape index (κ2) is 6.28. The van der Waals surface area contributed by atoms with Crippen molar-refractivity contribution in [2.75, 3.05) is 5.32 Å². The molecule has 2 saturated carbocycles. The van der Waals surface area contributed by atoms with Gasteiger partial charge in [-0.1, -0.05) is 19.3 Å². The molecule has 1 amide bonds. The first-order valence-corrected chi connectivity index (χ1v) is 9.93. The summed E-state index contributed by atoms with van der Waals surface area (Å²) in [5.41, 5.74) is 1.98. The van der Waals surface area contributed by atoms with Gasteiger partial charge in [-0.2, -0.15) is 5.26 Å².